The maximum atomic E-state index is 12.5. The van der Waals surface area contributed by atoms with Gasteiger partial charge in [0.15, 0.2) is 5.79 Å². The second-order valence-electron chi connectivity index (χ2n) is 7.25. The van der Waals surface area contributed by atoms with Crippen LogP contribution in [-0.2, 0) is 35.1 Å². The average Bonchev–Trinajstić information content (AvgIpc) is 3.02. The van der Waals surface area contributed by atoms with Crippen LogP contribution in [0.2, 0.25) is 0 Å². The molecule has 0 radical (unpaired) electrons. The molecule has 0 amide bonds. The van der Waals surface area contributed by atoms with Crippen LogP contribution in [0.15, 0.2) is 59.5 Å². The first-order valence-corrected chi connectivity index (χ1v) is 10.6. The summed E-state index contributed by atoms with van der Waals surface area (Å²) in [7, 11) is -3.89. The predicted octanol–water partition coefficient (Wildman–Crippen LogP) is 3.44. The Kier molecular flexibility index (Phi) is 6.52. The van der Waals surface area contributed by atoms with Crippen LogP contribution in [-0.4, -0.2) is 39.6 Å². The van der Waals surface area contributed by atoms with Crippen molar-refractivity contribution < 1.29 is 26.8 Å². The van der Waals surface area contributed by atoms with E-state index in [0.29, 0.717) is 13.2 Å². The second kappa shape index (κ2) is 8.71. The highest BCUT2D eigenvalue weighted by atomic mass is 32.2. The molecule has 0 bridgehead atoms. The molecule has 6 nitrogen and oxygen atoms in total. The Morgan fingerprint density at radius 2 is 1.79 bits per heavy atom. The minimum absolute atomic E-state index is 0.115. The first-order chi connectivity index (χ1) is 13.3. The summed E-state index contributed by atoms with van der Waals surface area (Å²) in [4.78, 5) is 0.115. The SMILES string of the molecule is Cc1ccc(S(=O)(=O)OCC(OCc2ccccc2)C2COC(C)(C)O2)cc1. The lowest BCUT2D eigenvalue weighted by molar-refractivity contribution is -0.161. The van der Waals surface area contributed by atoms with E-state index < -0.39 is 28.1 Å². The van der Waals surface area contributed by atoms with E-state index in [1.54, 1.807) is 12.1 Å². The maximum Gasteiger partial charge on any atom is 0.297 e. The molecule has 1 heterocycles. The first kappa shape index (κ1) is 21.0. The molecule has 2 aromatic carbocycles. The van der Waals surface area contributed by atoms with Crippen molar-refractivity contribution >= 4 is 10.1 Å². The molecule has 2 atom stereocenters. The van der Waals surface area contributed by atoms with Gasteiger partial charge in [-0.15, -0.1) is 0 Å². The summed E-state index contributed by atoms with van der Waals surface area (Å²) in [5, 5.41) is 0. The molecule has 1 aliphatic rings. The molecular weight excluding hydrogens is 380 g/mol. The maximum absolute atomic E-state index is 12.5. The van der Waals surface area contributed by atoms with Crippen molar-refractivity contribution in [3.63, 3.8) is 0 Å². The summed E-state index contributed by atoms with van der Waals surface area (Å²) < 4.78 is 47.8. The van der Waals surface area contributed by atoms with Crippen LogP contribution < -0.4 is 0 Å². The van der Waals surface area contributed by atoms with Gasteiger partial charge in [0.05, 0.1) is 24.7 Å². The Labute approximate surface area is 166 Å². The van der Waals surface area contributed by atoms with Gasteiger partial charge in [0.1, 0.15) is 12.2 Å². The molecule has 28 heavy (non-hydrogen) atoms. The van der Waals surface area contributed by atoms with E-state index in [1.165, 1.54) is 12.1 Å². The monoisotopic (exact) mass is 406 g/mol. The van der Waals surface area contributed by atoms with Gasteiger partial charge in [-0.2, -0.15) is 8.42 Å². The lowest BCUT2D eigenvalue weighted by atomic mass is 10.2. The van der Waals surface area contributed by atoms with Crippen molar-refractivity contribution in [2.75, 3.05) is 13.2 Å². The third-order valence-electron chi connectivity index (χ3n) is 4.45. The van der Waals surface area contributed by atoms with Gasteiger partial charge in [-0.3, -0.25) is 4.18 Å². The first-order valence-electron chi connectivity index (χ1n) is 9.19. The predicted molar refractivity (Wildman–Crippen MR) is 104 cm³/mol. The van der Waals surface area contributed by atoms with E-state index in [4.69, 9.17) is 18.4 Å². The smallest absolute Gasteiger partial charge is 0.297 e. The van der Waals surface area contributed by atoms with Crippen molar-refractivity contribution in [2.24, 2.45) is 0 Å². The van der Waals surface area contributed by atoms with Gasteiger partial charge in [-0.25, -0.2) is 0 Å². The Hall–Kier alpha value is -1.77. The fourth-order valence-corrected chi connectivity index (χ4v) is 3.79. The zero-order chi connectivity index (χ0) is 20.2. The van der Waals surface area contributed by atoms with Crippen molar-refractivity contribution in [1.29, 1.82) is 0 Å². The summed E-state index contributed by atoms with van der Waals surface area (Å²) in [5.41, 5.74) is 1.95. The minimum Gasteiger partial charge on any atom is -0.368 e. The van der Waals surface area contributed by atoms with Gasteiger partial charge in [0.25, 0.3) is 10.1 Å². The molecule has 1 fully saturated rings. The van der Waals surface area contributed by atoms with E-state index in [1.807, 2.05) is 51.1 Å². The fourth-order valence-electron chi connectivity index (χ4n) is 2.87. The third kappa shape index (κ3) is 5.62. The van der Waals surface area contributed by atoms with Gasteiger partial charge in [-0.05, 0) is 38.5 Å². The third-order valence-corrected chi connectivity index (χ3v) is 5.74. The molecule has 0 N–H and O–H groups in total. The molecule has 2 unspecified atom stereocenters. The molecule has 152 valence electrons. The second-order valence-corrected chi connectivity index (χ2v) is 8.87. The number of ether oxygens (including phenoxy) is 3. The number of rotatable bonds is 8. The zero-order valence-electron chi connectivity index (χ0n) is 16.3. The molecule has 0 aromatic heterocycles. The van der Waals surface area contributed by atoms with Crippen molar-refractivity contribution in [2.45, 2.75) is 50.3 Å². The van der Waals surface area contributed by atoms with Gasteiger partial charge < -0.3 is 14.2 Å². The van der Waals surface area contributed by atoms with Crippen LogP contribution in [0, 0.1) is 6.92 Å². The van der Waals surface area contributed by atoms with E-state index in [0.717, 1.165) is 11.1 Å². The van der Waals surface area contributed by atoms with Crippen LogP contribution in [0.3, 0.4) is 0 Å². The Bertz CT molecular complexity index is 862. The Balaban J connectivity index is 1.68. The summed E-state index contributed by atoms with van der Waals surface area (Å²) >= 11 is 0. The average molecular weight is 407 g/mol. The molecule has 1 saturated heterocycles. The van der Waals surface area contributed by atoms with Gasteiger partial charge >= 0.3 is 0 Å². The van der Waals surface area contributed by atoms with Crippen molar-refractivity contribution in [3.8, 4) is 0 Å². The highest BCUT2D eigenvalue weighted by Gasteiger charge is 2.38. The molecule has 0 saturated carbocycles. The highest BCUT2D eigenvalue weighted by molar-refractivity contribution is 7.86. The summed E-state index contributed by atoms with van der Waals surface area (Å²) in [6.07, 6.45) is -1.02. The van der Waals surface area contributed by atoms with Gasteiger partial charge in [0.2, 0.25) is 0 Å². The summed E-state index contributed by atoms with van der Waals surface area (Å²) in [6, 6.07) is 16.2. The van der Waals surface area contributed by atoms with E-state index in [-0.39, 0.29) is 11.5 Å². The normalized spacial score (nSPS) is 20.2. The zero-order valence-corrected chi connectivity index (χ0v) is 17.1. The topological polar surface area (TPSA) is 71.1 Å². The number of hydrogen-bond acceptors (Lipinski definition) is 6. The number of aryl methyl sites for hydroxylation is 1. The molecule has 2 aromatic rings. The van der Waals surface area contributed by atoms with E-state index >= 15 is 0 Å². The molecule has 7 heteroatoms. The van der Waals surface area contributed by atoms with Crippen LogP contribution in [0.4, 0.5) is 0 Å². The Morgan fingerprint density at radius 1 is 1.11 bits per heavy atom. The number of benzene rings is 2. The quantitative estimate of drug-likeness (QED) is 0.626. The van der Waals surface area contributed by atoms with E-state index in [9.17, 15) is 8.42 Å². The van der Waals surface area contributed by atoms with Gasteiger partial charge in [0, 0.05) is 0 Å². The highest BCUT2D eigenvalue weighted by Crippen LogP contribution is 2.26. The van der Waals surface area contributed by atoms with Crippen LogP contribution >= 0.6 is 0 Å². The standard InChI is InChI=1S/C21H26O6S/c1-16-9-11-18(12-10-16)28(22,23)26-15-19(20-14-25-21(2,3)27-20)24-13-17-7-5-4-6-8-17/h4-12,19-20H,13-15H2,1-3H3. The summed E-state index contributed by atoms with van der Waals surface area (Å²) in [6.45, 7) is 5.98. The fraction of sp³-hybridized carbons (Fsp3) is 0.429. The summed E-state index contributed by atoms with van der Waals surface area (Å²) in [5.74, 6) is -0.741. The molecule has 0 spiro atoms. The van der Waals surface area contributed by atoms with Crippen molar-refractivity contribution in [3.05, 3.63) is 65.7 Å². The lowest BCUT2D eigenvalue weighted by Crippen LogP contribution is -2.37. The molecular formula is C21H26O6S. The number of hydrogen-bond donors (Lipinski definition) is 0. The Morgan fingerprint density at radius 3 is 2.39 bits per heavy atom. The molecule has 1 aliphatic heterocycles. The minimum atomic E-state index is -3.89. The molecule has 3 rings (SSSR count). The van der Waals surface area contributed by atoms with Crippen molar-refractivity contribution in [1.82, 2.24) is 0 Å². The van der Waals surface area contributed by atoms with E-state index in [2.05, 4.69) is 0 Å². The molecule has 0 aliphatic carbocycles. The van der Waals surface area contributed by atoms with Crippen LogP contribution in [0.5, 0.6) is 0 Å². The largest absolute Gasteiger partial charge is 0.368 e. The van der Waals surface area contributed by atoms with Gasteiger partial charge in [-0.1, -0.05) is 48.0 Å². The van der Waals surface area contributed by atoms with Crippen LogP contribution in [0.1, 0.15) is 25.0 Å². The lowest BCUT2D eigenvalue weighted by Gasteiger charge is -2.24. The van der Waals surface area contributed by atoms with Crippen LogP contribution in [0.25, 0.3) is 0 Å².